The molecule has 0 spiro atoms. The van der Waals surface area contributed by atoms with E-state index in [1.54, 1.807) is 26.6 Å². The number of nitrogens with zero attached hydrogens (tertiary/aromatic N) is 3. The van der Waals surface area contributed by atoms with E-state index in [-0.39, 0.29) is 11.1 Å². The van der Waals surface area contributed by atoms with Gasteiger partial charge in [-0.25, -0.2) is 0 Å². The second-order valence-corrected chi connectivity index (χ2v) is 16.3. The molecule has 2 saturated carbocycles. The zero-order valence-corrected chi connectivity index (χ0v) is 34.8. The van der Waals surface area contributed by atoms with E-state index in [1.807, 2.05) is 86.6 Å². The third kappa shape index (κ3) is 8.08. The highest BCUT2D eigenvalue weighted by Crippen LogP contribution is 2.43. The lowest BCUT2D eigenvalue weighted by Crippen LogP contribution is -2.35. The normalized spacial score (nSPS) is 14.9. The largest absolute Gasteiger partial charge is 0.493 e. The molecule has 2 fully saturated rings. The fourth-order valence-electron chi connectivity index (χ4n) is 7.48. The maximum absolute atomic E-state index is 6.25. The van der Waals surface area contributed by atoms with Gasteiger partial charge in [-0.1, -0.05) is 0 Å². The summed E-state index contributed by atoms with van der Waals surface area (Å²) in [5, 5.41) is 3.97. The highest BCUT2D eigenvalue weighted by Gasteiger charge is 2.46. The number of H-pyrrole nitrogens is 2. The Bertz CT molecular complexity index is 2860. The van der Waals surface area contributed by atoms with Gasteiger partial charge in [-0.3, -0.25) is 9.97 Å². The van der Waals surface area contributed by atoms with Gasteiger partial charge in [-0.05, 0) is 126 Å². The van der Waals surface area contributed by atoms with Crippen LogP contribution in [0.2, 0.25) is 0 Å². The zero-order chi connectivity index (χ0) is 41.6. The Labute approximate surface area is 348 Å². The van der Waals surface area contributed by atoms with E-state index in [2.05, 4.69) is 51.1 Å². The third-order valence-electron chi connectivity index (χ3n) is 11.6. The van der Waals surface area contributed by atoms with Crippen LogP contribution in [-0.2, 0) is 0 Å². The van der Waals surface area contributed by atoms with Crippen molar-refractivity contribution < 1.29 is 28.4 Å². The topological polar surface area (TPSA) is 142 Å². The van der Waals surface area contributed by atoms with Crippen LogP contribution < -0.4 is 34.2 Å². The van der Waals surface area contributed by atoms with Gasteiger partial charge in [0.05, 0.1) is 36.3 Å². The fourth-order valence-corrected chi connectivity index (χ4v) is 7.48. The Morgan fingerprint density at radius 2 is 1.07 bits per heavy atom. The van der Waals surface area contributed by atoms with Gasteiger partial charge < -0.3 is 49.0 Å². The minimum Gasteiger partial charge on any atom is -0.493 e. The first-order chi connectivity index (χ1) is 29.0. The van der Waals surface area contributed by atoms with Crippen LogP contribution in [0.4, 0.5) is 0 Å². The number of aryl methyl sites for hydroxylation is 2. The molecule has 2 aliphatic rings. The van der Waals surface area contributed by atoms with E-state index in [0.29, 0.717) is 42.0 Å². The van der Waals surface area contributed by atoms with E-state index < -0.39 is 0 Å². The molecule has 0 aliphatic heterocycles. The molecular weight excluding hydrogens is 757 g/mol. The molecule has 0 bridgehead atoms. The molecule has 308 valence electrons. The molecule has 4 aromatic carbocycles. The number of methoxy groups -OCH3 is 2. The number of aromatic amines is 2. The summed E-state index contributed by atoms with van der Waals surface area (Å²) in [5.74, 6) is 5.65. The quantitative estimate of drug-likeness (QED) is 0.103. The minimum atomic E-state index is -0.201. The molecule has 10 rings (SSSR count). The van der Waals surface area contributed by atoms with Gasteiger partial charge in [0.25, 0.3) is 0 Å². The number of ether oxygens (including phenoxy) is 6. The lowest BCUT2D eigenvalue weighted by atomic mass is 10.1. The SMILES string of the molecule is COc1cc2c(Oc3ccc4[nH]c(C)cc4c3)ccnc2cc1OCC1(N(C)C)CC1.COc1cc2c(Oc3ccc4[nH]c(C)cc4c3)ccnc2cc1OCC1(N)CC1. The predicted molar refractivity (Wildman–Crippen MR) is 236 cm³/mol. The van der Waals surface area contributed by atoms with Crippen LogP contribution in [0.25, 0.3) is 43.6 Å². The number of hydrogen-bond donors (Lipinski definition) is 3. The fraction of sp³-hybridized carbons (Fsp3) is 0.292. The highest BCUT2D eigenvalue weighted by atomic mass is 16.5. The maximum Gasteiger partial charge on any atom is 0.163 e. The van der Waals surface area contributed by atoms with Gasteiger partial charge in [-0.2, -0.15) is 0 Å². The first-order valence-electron chi connectivity index (χ1n) is 20.2. The van der Waals surface area contributed by atoms with Crippen molar-refractivity contribution in [3.8, 4) is 46.0 Å². The van der Waals surface area contributed by atoms with E-state index in [9.17, 15) is 0 Å². The number of nitrogens with two attached hydrogens (primary N) is 1. The number of hydrogen-bond acceptors (Lipinski definition) is 10. The van der Waals surface area contributed by atoms with Crippen molar-refractivity contribution in [2.24, 2.45) is 5.73 Å². The molecule has 0 radical (unpaired) electrons. The number of pyridine rings is 2. The third-order valence-corrected chi connectivity index (χ3v) is 11.6. The van der Waals surface area contributed by atoms with Crippen LogP contribution in [0.5, 0.6) is 46.0 Å². The first kappa shape index (κ1) is 39.0. The monoisotopic (exact) mass is 806 g/mol. The summed E-state index contributed by atoms with van der Waals surface area (Å²) in [7, 11) is 7.49. The summed E-state index contributed by atoms with van der Waals surface area (Å²) < 4.78 is 35.8. The summed E-state index contributed by atoms with van der Waals surface area (Å²) in [6.45, 7) is 5.19. The molecule has 4 heterocycles. The molecule has 12 heteroatoms. The van der Waals surface area contributed by atoms with Crippen molar-refractivity contribution in [1.82, 2.24) is 24.8 Å². The minimum absolute atomic E-state index is 0.133. The van der Waals surface area contributed by atoms with E-state index in [0.717, 1.165) is 97.9 Å². The van der Waals surface area contributed by atoms with Gasteiger partial charge in [0.15, 0.2) is 23.0 Å². The molecule has 0 saturated heterocycles. The van der Waals surface area contributed by atoms with Gasteiger partial charge >= 0.3 is 0 Å². The summed E-state index contributed by atoms with van der Waals surface area (Å²) in [6.07, 6.45) is 7.77. The molecule has 0 atom stereocenters. The van der Waals surface area contributed by atoms with E-state index in [1.165, 1.54) is 0 Å². The Balaban J connectivity index is 0.000000154. The number of aromatic nitrogens is 4. The molecule has 0 amide bonds. The molecular formula is C48H50N6O6. The number of likely N-dealkylation sites (N-methyl/N-ethyl adjacent to an activating group) is 1. The van der Waals surface area contributed by atoms with Crippen LogP contribution >= 0.6 is 0 Å². The summed E-state index contributed by atoms with van der Waals surface area (Å²) in [6, 6.07) is 27.6. The van der Waals surface area contributed by atoms with Crippen molar-refractivity contribution in [1.29, 1.82) is 0 Å². The van der Waals surface area contributed by atoms with Crippen LogP contribution in [0.15, 0.2) is 97.3 Å². The molecule has 0 unspecified atom stereocenters. The molecule has 8 aromatic rings. The summed E-state index contributed by atoms with van der Waals surface area (Å²) in [5.41, 5.74) is 12.1. The predicted octanol–water partition coefficient (Wildman–Crippen LogP) is 9.99. The molecule has 60 heavy (non-hydrogen) atoms. The lowest BCUT2D eigenvalue weighted by Gasteiger charge is -2.24. The van der Waals surface area contributed by atoms with Crippen molar-refractivity contribution in [3.63, 3.8) is 0 Å². The number of nitrogens with one attached hydrogen (secondary N) is 2. The average Bonchev–Trinajstić information content (AvgIpc) is 4.12. The van der Waals surface area contributed by atoms with Gasteiger partial charge in [-0.15, -0.1) is 0 Å². The van der Waals surface area contributed by atoms with E-state index >= 15 is 0 Å². The van der Waals surface area contributed by atoms with E-state index in [4.69, 9.17) is 34.2 Å². The van der Waals surface area contributed by atoms with Crippen molar-refractivity contribution in [3.05, 3.63) is 109 Å². The Morgan fingerprint density at radius 1 is 0.583 bits per heavy atom. The van der Waals surface area contributed by atoms with Crippen molar-refractivity contribution in [2.75, 3.05) is 41.5 Å². The number of benzene rings is 4. The highest BCUT2D eigenvalue weighted by molar-refractivity contribution is 5.90. The second-order valence-electron chi connectivity index (χ2n) is 16.3. The first-order valence-corrected chi connectivity index (χ1v) is 20.2. The smallest absolute Gasteiger partial charge is 0.163 e. The average molecular weight is 807 g/mol. The molecule has 4 aromatic heterocycles. The number of fused-ring (bicyclic) bond motifs is 4. The van der Waals surface area contributed by atoms with Crippen LogP contribution in [0.3, 0.4) is 0 Å². The summed E-state index contributed by atoms with van der Waals surface area (Å²) in [4.78, 5) is 17.9. The summed E-state index contributed by atoms with van der Waals surface area (Å²) >= 11 is 0. The van der Waals surface area contributed by atoms with Crippen LogP contribution in [-0.4, -0.2) is 77.4 Å². The van der Waals surface area contributed by atoms with Gasteiger partial charge in [0.2, 0.25) is 0 Å². The standard InChI is InChI=1S/C25H27N3O3.C23H23N3O3/c1-16-11-17-12-18(5-6-20(17)27-16)31-22-7-10-26-21-14-24(23(29-4)13-19(21)22)30-15-25(8-9-25)28(2)3;1-14-9-15-10-16(3-4-18(15)26-14)29-20-5-8-25-19-12-22(21(27-2)11-17(19)20)28-13-23(24)6-7-23/h5-7,10-14,27H,8-9,15H2,1-4H3;3-5,8-12,26H,6-7,13,24H2,1-2H3. The van der Waals surface area contributed by atoms with Crippen LogP contribution in [0.1, 0.15) is 37.1 Å². The van der Waals surface area contributed by atoms with Gasteiger partial charge in [0, 0.05) is 68.5 Å². The Kier molecular flexibility index (Phi) is 10.1. The van der Waals surface area contributed by atoms with Crippen molar-refractivity contribution in [2.45, 2.75) is 50.6 Å². The molecule has 2 aliphatic carbocycles. The maximum atomic E-state index is 6.25. The number of rotatable bonds is 13. The Morgan fingerprint density at radius 3 is 1.50 bits per heavy atom. The lowest BCUT2D eigenvalue weighted by molar-refractivity contribution is 0.164. The second kappa shape index (κ2) is 15.6. The molecule has 4 N–H and O–H groups in total. The van der Waals surface area contributed by atoms with Crippen molar-refractivity contribution >= 4 is 43.6 Å². The van der Waals surface area contributed by atoms with Gasteiger partial charge in [0.1, 0.15) is 36.2 Å². The Hall–Kier alpha value is -6.50. The van der Waals surface area contributed by atoms with Crippen LogP contribution in [0, 0.1) is 13.8 Å². The molecule has 12 nitrogen and oxygen atoms in total. The zero-order valence-electron chi connectivity index (χ0n) is 34.8.